The third kappa shape index (κ3) is 3.45. The number of amides is 2. The van der Waals surface area contributed by atoms with E-state index in [1.54, 1.807) is 11.3 Å². The van der Waals surface area contributed by atoms with E-state index in [2.05, 4.69) is 10.3 Å². The highest BCUT2D eigenvalue weighted by Crippen LogP contribution is 2.18. The second kappa shape index (κ2) is 6.18. The summed E-state index contributed by atoms with van der Waals surface area (Å²) in [5.74, 6) is 0. The number of carbonyl (C=O) groups is 1. The van der Waals surface area contributed by atoms with E-state index in [9.17, 15) is 4.79 Å². The van der Waals surface area contributed by atoms with Crippen LogP contribution in [0.1, 0.15) is 49.4 Å². The number of aryl methyl sites for hydroxylation is 1. The molecule has 0 bridgehead atoms. The second-order valence-corrected chi connectivity index (χ2v) is 5.79. The number of aromatic nitrogens is 1. The molecule has 1 saturated heterocycles. The lowest BCUT2D eigenvalue weighted by molar-refractivity contribution is 0.196. The zero-order chi connectivity index (χ0) is 13.0. The summed E-state index contributed by atoms with van der Waals surface area (Å²) in [4.78, 5) is 18.5. The van der Waals surface area contributed by atoms with E-state index in [1.165, 1.54) is 12.8 Å². The van der Waals surface area contributed by atoms with Crippen LogP contribution in [0.25, 0.3) is 0 Å². The molecule has 0 aliphatic carbocycles. The summed E-state index contributed by atoms with van der Waals surface area (Å²) in [6.45, 7) is 5.74. The minimum Gasteiger partial charge on any atom is -0.329 e. The molecule has 2 heterocycles. The number of hydrogen-bond acceptors (Lipinski definition) is 3. The van der Waals surface area contributed by atoms with Crippen LogP contribution in [-0.4, -0.2) is 29.0 Å². The van der Waals surface area contributed by atoms with Crippen LogP contribution in [0.3, 0.4) is 0 Å². The van der Waals surface area contributed by atoms with Crippen molar-refractivity contribution < 1.29 is 4.79 Å². The fourth-order valence-electron chi connectivity index (χ4n) is 2.18. The van der Waals surface area contributed by atoms with Gasteiger partial charge in [-0.25, -0.2) is 9.78 Å². The van der Waals surface area contributed by atoms with Crippen LogP contribution in [-0.2, 0) is 0 Å². The lowest BCUT2D eigenvalue weighted by Crippen LogP contribution is -2.41. The van der Waals surface area contributed by atoms with Crippen LogP contribution >= 0.6 is 11.3 Å². The van der Waals surface area contributed by atoms with Crippen molar-refractivity contribution >= 4 is 17.4 Å². The predicted molar refractivity (Wildman–Crippen MR) is 73.8 cm³/mol. The average molecular weight is 267 g/mol. The van der Waals surface area contributed by atoms with Crippen molar-refractivity contribution in [1.29, 1.82) is 0 Å². The molecule has 0 spiro atoms. The van der Waals surface area contributed by atoms with Crippen LogP contribution in [0.15, 0.2) is 5.38 Å². The molecule has 1 atom stereocenters. The van der Waals surface area contributed by atoms with Crippen molar-refractivity contribution in [2.24, 2.45) is 0 Å². The van der Waals surface area contributed by atoms with Gasteiger partial charge in [0, 0.05) is 24.2 Å². The van der Waals surface area contributed by atoms with E-state index in [0.29, 0.717) is 0 Å². The Morgan fingerprint density at radius 3 is 2.61 bits per heavy atom. The molecule has 1 aliphatic rings. The number of rotatable bonds is 2. The third-order valence-corrected chi connectivity index (χ3v) is 4.39. The molecule has 1 N–H and O–H groups in total. The lowest BCUT2D eigenvalue weighted by Gasteiger charge is -2.22. The van der Waals surface area contributed by atoms with Crippen molar-refractivity contribution in [3.05, 3.63) is 16.1 Å². The minimum atomic E-state index is -0.000506. The van der Waals surface area contributed by atoms with Gasteiger partial charge in [0.2, 0.25) is 0 Å². The molecule has 18 heavy (non-hydrogen) atoms. The quantitative estimate of drug-likeness (QED) is 0.895. The first-order valence-electron chi connectivity index (χ1n) is 6.64. The normalized spacial score (nSPS) is 18.2. The molecule has 0 aromatic carbocycles. The molecule has 1 aromatic rings. The van der Waals surface area contributed by atoms with Gasteiger partial charge < -0.3 is 10.2 Å². The molecule has 2 rings (SSSR count). The summed E-state index contributed by atoms with van der Waals surface area (Å²) < 4.78 is 0. The van der Waals surface area contributed by atoms with Crippen molar-refractivity contribution in [2.75, 3.05) is 13.1 Å². The van der Waals surface area contributed by atoms with Gasteiger partial charge in [-0.3, -0.25) is 0 Å². The van der Waals surface area contributed by atoms with E-state index in [1.807, 2.05) is 24.1 Å². The van der Waals surface area contributed by atoms with Gasteiger partial charge in [-0.2, -0.15) is 0 Å². The number of nitrogens with zero attached hydrogens (tertiary/aromatic N) is 2. The summed E-state index contributed by atoms with van der Waals surface area (Å²) >= 11 is 1.61. The largest absolute Gasteiger partial charge is 0.329 e. The summed E-state index contributed by atoms with van der Waals surface area (Å²) in [5.41, 5.74) is 1.02. The Bertz CT molecular complexity index is 397. The highest BCUT2D eigenvalue weighted by molar-refractivity contribution is 7.09. The molecule has 1 fully saturated rings. The Labute approximate surface area is 112 Å². The monoisotopic (exact) mass is 267 g/mol. The minimum absolute atomic E-state index is 0.000506. The Morgan fingerprint density at radius 2 is 2.06 bits per heavy atom. The number of nitrogens with one attached hydrogen (secondary N) is 1. The Balaban J connectivity index is 1.89. The Kier molecular flexibility index (Phi) is 4.58. The van der Waals surface area contributed by atoms with Crippen molar-refractivity contribution in [2.45, 2.75) is 45.6 Å². The maximum atomic E-state index is 12.1. The number of likely N-dealkylation sites (tertiary alicyclic amines) is 1. The van der Waals surface area contributed by atoms with E-state index in [4.69, 9.17) is 0 Å². The maximum absolute atomic E-state index is 12.1. The van der Waals surface area contributed by atoms with Crippen LogP contribution in [0.5, 0.6) is 0 Å². The van der Waals surface area contributed by atoms with E-state index in [0.717, 1.165) is 36.6 Å². The maximum Gasteiger partial charge on any atom is 0.317 e. The molecule has 0 radical (unpaired) electrons. The fraction of sp³-hybridized carbons (Fsp3) is 0.692. The molecule has 4 nitrogen and oxygen atoms in total. The number of carbonyl (C=O) groups excluding carboxylic acids is 1. The lowest BCUT2D eigenvalue weighted by atomic mass is 10.2. The molecular formula is C13H21N3OS. The standard InChI is InChI=1S/C13H21N3OS/c1-10-9-18-12(14-10)11(2)15-13(17)16-7-5-3-4-6-8-16/h9,11H,3-8H2,1-2H3,(H,15,17). The molecule has 2 amide bonds. The first kappa shape index (κ1) is 13.3. The van der Waals surface area contributed by atoms with Crippen molar-refractivity contribution in [3.63, 3.8) is 0 Å². The van der Waals surface area contributed by atoms with Gasteiger partial charge >= 0.3 is 6.03 Å². The fourth-order valence-corrected chi connectivity index (χ4v) is 2.99. The van der Waals surface area contributed by atoms with Gasteiger partial charge in [-0.1, -0.05) is 12.8 Å². The summed E-state index contributed by atoms with van der Waals surface area (Å²) in [5, 5.41) is 6.04. The number of urea groups is 1. The van der Waals surface area contributed by atoms with Gasteiger partial charge in [0.1, 0.15) is 5.01 Å². The highest BCUT2D eigenvalue weighted by atomic mass is 32.1. The van der Waals surface area contributed by atoms with Gasteiger partial charge in [0.05, 0.1) is 6.04 Å². The summed E-state index contributed by atoms with van der Waals surface area (Å²) in [6.07, 6.45) is 4.73. The van der Waals surface area contributed by atoms with Crippen molar-refractivity contribution in [1.82, 2.24) is 15.2 Å². The van der Waals surface area contributed by atoms with Gasteiger partial charge in [0.15, 0.2) is 0 Å². The summed E-state index contributed by atoms with van der Waals surface area (Å²) in [6, 6.07) is 0.0525. The zero-order valence-corrected chi connectivity index (χ0v) is 11.9. The first-order valence-corrected chi connectivity index (χ1v) is 7.52. The third-order valence-electron chi connectivity index (χ3n) is 3.24. The topological polar surface area (TPSA) is 45.2 Å². The molecule has 100 valence electrons. The SMILES string of the molecule is Cc1csc(C(C)NC(=O)N2CCCCCC2)n1. The van der Waals surface area contributed by atoms with Gasteiger partial charge in [0.25, 0.3) is 0 Å². The summed E-state index contributed by atoms with van der Waals surface area (Å²) in [7, 11) is 0. The molecule has 1 aliphatic heterocycles. The van der Waals surface area contributed by atoms with E-state index >= 15 is 0 Å². The molecular weight excluding hydrogens is 246 g/mol. The van der Waals surface area contributed by atoms with Crippen molar-refractivity contribution in [3.8, 4) is 0 Å². The van der Waals surface area contributed by atoms with E-state index < -0.39 is 0 Å². The number of hydrogen-bond donors (Lipinski definition) is 1. The first-order chi connectivity index (χ1) is 8.66. The Hall–Kier alpha value is -1.10. The predicted octanol–water partition coefficient (Wildman–Crippen LogP) is 3.10. The second-order valence-electron chi connectivity index (χ2n) is 4.90. The number of thiazole rings is 1. The average Bonchev–Trinajstić information content (AvgIpc) is 2.63. The van der Waals surface area contributed by atoms with Crippen LogP contribution in [0, 0.1) is 6.92 Å². The Morgan fingerprint density at radius 1 is 1.39 bits per heavy atom. The smallest absolute Gasteiger partial charge is 0.317 e. The highest BCUT2D eigenvalue weighted by Gasteiger charge is 2.18. The van der Waals surface area contributed by atoms with Crippen LogP contribution in [0.4, 0.5) is 4.79 Å². The molecule has 1 aromatic heterocycles. The van der Waals surface area contributed by atoms with Gasteiger partial charge in [-0.05, 0) is 26.7 Å². The molecule has 5 heteroatoms. The van der Waals surface area contributed by atoms with Gasteiger partial charge in [-0.15, -0.1) is 11.3 Å². The molecule has 1 unspecified atom stereocenters. The van der Waals surface area contributed by atoms with E-state index in [-0.39, 0.29) is 12.1 Å². The zero-order valence-electron chi connectivity index (χ0n) is 11.1. The van der Waals surface area contributed by atoms with Crippen LogP contribution < -0.4 is 5.32 Å². The molecule has 0 saturated carbocycles. The van der Waals surface area contributed by atoms with Crippen LogP contribution in [0.2, 0.25) is 0 Å².